The van der Waals surface area contributed by atoms with Crippen LogP contribution in [0.2, 0.25) is 0 Å². The Balaban J connectivity index is 1.70. The molecule has 2 aliphatic carbocycles. The maximum absolute atomic E-state index is 5.96. The summed E-state index contributed by atoms with van der Waals surface area (Å²) in [5.74, 6) is 1.65. The van der Waals surface area contributed by atoms with Crippen LogP contribution in [0.3, 0.4) is 0 Å². The molecule has 1 heteroatoms. The molecule has 0 bridgehead atoms. The molecule has 2 saturated carbocycles. The van der Waals surface area contributed by atoms with Crippen molar-refractivity contribution in [3.8, 4) is 0 Å². The average Bonchev–Trinajstić information content (AvgIpc) is 2.71. The smallest absolute Gasteiger partial charge is 0.0681 e. The van der Waals surface area contributed by atoms with E-state index < -0.39 is 0 Å². The summed E-state index contributed by atoms with van der Waals surface area (Å²) in [4.78, 5) is 0. The lowest BCUT2D eigenvalue weighted by Gasteiger charge is -2.46. The molecule has 17 heavy (non-hydrogen) atoms. The zero-order valence-corrected chi connectivity index (χ0v) is 11.2. The lowest BCUT2D eigenvalue weighted by atomic mass is 9.60. The minimum Gasteiger partial charge on any atom is -0.373 e. The molecule has 0 aromatic carbocycles. The van der Waals surface area contributed by atoms with Gasteiger partial charge >= 0.3 is 0 Å². The van der Waals surface area contributed by atoms with Gasteiger partial charge in [0.1, 0.15) is 0 Å². The summed E-state index contributed by atoms with van der Waals surface area (Å²) < 4.78 is 5.96. The number of hydrogen-bond donors (Lipinski definition) is 0. The molecule has 3 fully saturated rings. The molecule has 1 saturated heterocycles. The Morgan fingerprint density at radius 2 is 1.94 bits per heavy atom. The van der Waals surface area contributed by atoms with Crippen molar-refractivity contribution in [3.05, 3.63) is 12.2 Å². The highest BCUT2D eigenvalue weighted by atomic mass is 16.5. The van der Waals surface area contributed by atoms with Gasteiger partial charge in [-0.2, -0.15) is 0 Å². The molecule has 3 atom stereocenters. The second kappa shape index (κ2) is 4.42. The third-order valence-electron chi connectivity index (χ3n) is 5.74. The summed E-state index contributed by atoms with van der Waals surface area (Å²) in [6, 6.07) is 0. The van der Waals surface area contributed by atoms with Crippen molar-refractivity contribution in [2.24, 2.45) is 17.3 Å². The van der Waals surface area contributed by atoms with E-state index in [4.69, 9.17) is 4.74 Å². The summed E-state index contributed by atoms with van der Waals surface area (Å²) in [5.41, 5.74) is 1.92. The molecule has 0 amide bonds. The van der Waals surface area contributed by atoms with Crippen LogP contribution in [-0.2, 0) is 4.74 Å². The molecule has 1 nitrogen and oxygen atoms in total. The fourth-order valence-electron chi connectivity index (χ4n) is 4.51. The Bertz CT molecular complexity index is 303. The van der Waals surface area contributed by atoms with Crippen molar-refractivity contribution in [1.82, 2.24) is 0 Å². The first-order valence-corrected chi connectivity index (χ1v) is 7.48. The third kappa shape index (κ3) is 2.07. The molecule has 0 aromatic rings. The number of hydrogen-bond acceptors (Lipinski definition) is 1. The van der Waals surface area contributed by atoms with Crippen LogP contribution in [0.4, 0.5) is 0 Å². The van der Waals surface area contributed by atoms with Gasteiger partial charge in [0.05, 0.1) is 12.7 Å². The Hall–Kier alpha value is -0.300. The van der Waals surface area contributed by atoms with Crippen molar-refractivity contribution in [3.63, 3.8) is 0 Å². The van der Waals surface area contributed by atoms with Gasteiger partial charge in [-0.1, -0.05) is 32.8 Å². The van der Waals surface area contributed by atoms with Gasteiger partial charge in [0.2, 0.25) is 0 Å². The number of fused-ring (bicyclic) bond motifs is 1. The highest BCUT2D eigenvalue weighted by Crippen LogP contribution is 2.52. The summed E-state index contributed by atoms with van der Waals surface area (Å²) in [6.45, 7) is 7.53. The zero-order chi connectivity index (χ0) is 11.9. The van der Waals surface area contributed by atoms with E-state index in [0.29, 0.717) is 17.4 Å². The first-order valence-electron chi connectivity index (χ1n) is 7.48. The maximum Gasteiger partial charge on any atom is 0.0681 e. The molecule has 0 spiro atoms. The molecule has 2 unspecified atom stereocenters. The van der Waals surface area contributed by atoms with Crippen LogP contribution < -0.4 is 0 Å². The molecular weight excluding hydrogens is 208 g/mol. The van der Waals surface area contributed by atoms with E-state index in [1.54, 1.807) is 0 Å². The zero-order valence-electron chi connectivity index (χ0n) is 11.2. The molecule has 1 aliphatic heterocycles. The van der Waals surface area contributed by atoms with Gasteiger partial charge in [-0.25, -0.2) is 0 Å². The minimum atomic E-state index is 0.503. The van der Waals surface area contributed by atoms with Crippen LogP contribution in [0.25, 0.3) is 0 Å². The highest BCUT2D eigenvalue weighted by Gasteiger charge is 2.45. The first kappa shape index (κ1) is 11.8. The lowest BCUT2D eigenvalue weighted by Crippen LogP contribution is -2.39. The van der Waals surface area contributed by atoms with Gasteiger partial charge in [0.25, 0.3) is 0 Å². The van der Waals surface area contributed by atoms with E-state index in [9.17, 15) is 0 Å². The summed E-state index contributed by atoms with van der Waals surface area (Å²) in [5, 5.41) is 0. The van der Waals surface area contributed by atoms with Crippen molar-refractivity contribution in [2.75, 3.05) is 6.61 Å². The van der Waals surface area contributed by atoms with Crippen LogP contribution in [0.1, 0.15) is 58.3 Å². The quantitative estimate of drug-likeness (QED) is 0.614. The Labute approximate surface area is 106 Å². The van der Waals surface area contributed by atoms with E-state index in [2.05, 4.69) is 13.5 Å². The van der Waals surface area contributed by atoms with Crippen LogP contribution >= 0.6 is 0 Å². The maximum atomic E-state index is 5.96. The fraction of sp³-hybridized carbons (Fsp3) is 0.875. The van der Waals surface area contributed by atoms with E-state index in [1.807, 2.05) is 0 Å². The van der Waals surface area contributed by atoms with Gasteiger partial charge < -0.3 is 4.74 Å². The molecule has 1 heterocycles. The van der Waals surface area contributed by atoms with Gasteiger partial charge in [-0.15, -0.1) is 0 Å². The normalized spacial score (nSPS) is 43.7. The lowest BCUT2D eigenvalue weighted by molar-refractivity contribution is -0.0201. The van der Waals surface area contributed by atoms with Gasteiger partial charge in [-0.05, 0) is 49.0 Å². The number of rotatable bonds is 1. The Morgan fingerprint density at radius 1 is 1.18 bits per heavy atom. The first-order chi connectivity index (χ1) is 8.19. The predicted octanol–water partition coefficient (Wildman–Crippen LogP) is 4.33. The minimum absolute atomic E-state index is 0.503. The topological polar surface area (TPSA) is 9.23 Å². The monoisotopic (exact) mass is 234 g/mol. The van der Waals surface area contributed by atoms with Crippen molar-refractivity contribution < 1.29 is 4.74 Å². The second-order valence-electron chi connectivity index (χ2n) is 6.85. The van der Waals surface area contributed by atoms with Crippen molar-refractivity contribution in [1.29, 1.82) is 0 Å². The van der Waals surface area contributed by atoms with Gasteiger partial charge in [0.15, 0.2) is 0 Å². The van der Waals surface area contributed by atoms with Gasteiger partial charge in [-0.3, -0.25) is 0 Å². The average molecular weight is 234 g/mol. The third-order valence-corrected chi connectivity index (χ3v) is 5.74. The van der Waals surface area contributed by atoms with Gasteiger partial charge in [0, 0.05) is 5.92 Å². The number of ether oxygens (including phenoxy) is 1. The van der Waals surface area contributed by atoms with E-state index in [-0.39, 0.29) is 0 Å². The molecule has 96 valence electrons. The largest absolute Gasteiger partial charge is 0.373 e. The molecule has 0 N–H and O–H groups in total. The summed E-state index contributed by atoms with van der Waals surface area (Å²) >= 11 is 0. The van der Waals surface area contributed by atoms with E-state index >= 15 is 0 Å². The standard InChI is InChI=1S/C16H26O/c1-12-11-17-15-10-16(2,9-8-14(12)15)13-6-4-3-5-7-13/h13-15H,1,3-11H2,2H3/t14-,15?,16?/m0/s1. The highest BCUT2D eigenvalue weighted by molar-refractivity contribution is 5.12. The van der Waals surface area contributed by atoms with E-state index in [1.165, 1.54) is 56.9 Å². The second-order valence-corrected chi connectivity index (χ2v) is 6.85. The SMILES string of the molecule is C=C1COC2CC(C)(C3CCCCC3)CC[C@@H]12. The Kier molecular flexibility index (Phi) is 3.06. The van der Waals surface area contributed by atoms with Crippen molar-refractivity contribution in [2.45, 2.75) is 64.4 Å². The summed E-state index contributed by atoms with van der Waals surface area (Å²) in [6.07, 6.45) is 11.8. The molecule has 3 aliphatic rings. The van der Waals surface area contributed by atoms with Crippen molar-refractivity contribution >= 4 is 0 Å². The van der Waals surface area contributed by atoms with Crippen LogP contribution in [0.15, 0.2) is 12.2 Å². The molecule has 3 rings (SSSR count). The molecule has 0 aromatic heterocycles. The van der Waals surface area contributed by atoms with E-state index in [0.717, 1.165) is 12.5 Å². The predicted molar refractivity (Wildman–Crippen MR) is 70.9 cm³/mol. The Morgan fingerprint density at radius 3 is 2.71 bits per heavy atom. The van der Waals surface area contributed by atoms with Crippen LogP contribution in [0, 0.1) is 17.3 Å². The van der Waals surface area contributed by atoms with Crippen LogP contribution in [-0.4, -0.2) is 12.7 Å². The van der Waals surface area contributed by atoms with Crippen LogP contribution in [0.5, 0.6) is 0 Å². The summed E-state index contributed by atoms with van der Waals surface area (Å²) in [7, 11) is 0. The fourth-order valence-corrected chi connectivity index (χ4v) is 4.51. The molecular formula is C16H26O. The molecule has 0 radical (unpaired) electrons.